The number of aromatic nitrogens is 3. The van der Waals surface area contributed by atoms with Crippen molar-refractivity contribution in [3.05, 3.63) is 23.4 Å². The standard InChI is InChI=1S/C12H16ClN5/c1-14-7-10-3-2-6-17(10)12-15-11-5-4-9(13)8-18(11)16-12/h4-5,8,10,14H,2-3,6-7H2,1H3. The monoisotopic (exact) mass is 265 g/mol. The van der Waals surface area contributed by atoms with Gasteiger partial charge in [0.05, 0.1) is 5.02 Å². The summed E-state index contributed by atoms with van der Waals surface area (Å²) in [5.74, 6) is 0.801. The summed E-state index contributed by atoms with van der Waals surface area (Å²) in [6.45, 7) is 1.99. The lowest BCUT2D eigenvalue weighted by atomic mass is 10.2. The molecular formula is C12H16ClN5. The Morgan fingerprint density at radius 2 is 2.39 bits per heavy atom. The Morgan fingerprint density at radius 3 is 3.22 bits per heavy atom. The van der Waals surface area contributed by atoms with Crippen molar-refractivity contribution < 1.29 is 0 Å². The summed E-state index contributed by atoms with van der Waals surface area (Å²) < 4.78 is 1.74. The molecule has 0 aliphatic carbocycles. The van der Waals surface area contributed by atoms with Crippen LogP contribution in [-0.2, 0) is 0 Å². The molecule has 96 valence electrons. The zero-order chi connectivity index (χ0) is 12.5. The molecular weight excluding hydrogens is 250 g/mol. The maximum Gasteiger partial charge on any atom is 0.245 e. The van der Waals surface area contributed by atoms with Crippen LogP contribution in [0.2, 0.25) is 5.02 Å². The topological polar surface area (TPSA) is 45.5 Å². The third-order valence-electron chi connectivity index (χ3n) is 3.36. The molecule has 1 N–H and O–H groups in total. The predicted octanol–water partition coefficient (Wildman–Crippen LogP) is 1.57. The molecule has 0 radical (unpaired) electrons. The molecule has 5 nitrogen and oxygen atoms in total. The summed E-state index contributed by atoms with van der Waals surface area (Å²) in [6.07, 6.45) is 4.18. The second-order valence-corrected chi connectivity index (χ2v) is 5.05. The molecule has 0 amide bonds. The fourth-order valence-corrected chi connectivity index (χ4v) is 2.67. The highest BCUT2D eigenvalue weighted by Crippen LogP contribution is 2.23. The number of hydrogen-bond acceptors (Lipinski definition) is 4. The maximum absolute atomic E-state index is 5.95. The average molecular weight is 266 g/mol. The minimum Gasteiger partial charge on any atom is -0.335 e. The Hall–Kier alpha value is -1.33. The van der Waals surface area contributed by atoms with Crippen LogP contribution >= 0.6 is 11.6 Å². The van der Waals surface area contributed by atoms with Crippen molar-refractivity contribution in [2.45, 2.75) is 18.9 Å². The lowest BCUT2D eigenvalue weighted by Gasteiger charge is -2.22. The van der Waals surface area contributed by atoms with Gasteiger partial charge in [0.25, 0.3) is 0 Å². The van der Waals surface area contributed by atoms with Crippen LogP contribution in [0.25, 0.3) is 5.65 Å². The molecule has 1 fully saturated rings. The molecule has 1 aliphatic rings. The molecule has 3 heterocycles. The number of halogens is 1. The molecule has 1 saturated heterocycles. The molecule has 1 atom stereocenters. The van der Waals surface area contributed by atoms with Crippen LogP contribution in [0.3, 0.4) is 0 Å². The number of anilines is 1. The Morgan fingerprint density at radius 1 is 1.50 bits per heavy atom. The van der Waals surface area contributed by atoms with Crippen molar-refractivity contribution in [2.24, 2.45) is 0 Å². The van der Waals surface area contributed by atoms with Crippen LogP contribution in [-0.4, -0.2) is 40.8 Å². The first kappa shape index (κ1) is 11.7. The molecule has 0 bridgehead atoms. The highest BCUT2D eigenvalue weighted by Gasteiger charge is 2.26. The second-order valence-electron chi connectivity index (χ2n) is 4.61. The first-order valence-corrected chi connectivity index (χ1v) is 6.59. The minimum atomic E-state index is 0.489. The van der Waals surface area contributed by atoms with E-state index in [2.05, 4.69) is 20.3 Å². The van der Waals surface area contributed by atoms with E-state index in [-0.39, 0.29) is 0 Å². The molecule has 2 aromatic heterocycles. The first-order chi connectivity index (χ1) is 8.78. The number of fused-ring (bicyclic) bond motifs is 1. The van der Waals surface area contributed by atoms with Gasteiger partial charge in [0.2, 0.25) is 5.95 Å². The van der Waals surface area contributed by atoms with Gasteiger partial charge in [-0.15, -0.1) is 5.10 Å². The molecule has 2 aromatic rings. The highest BCUT2D eigenvalue weighted by atomic mass is 35.5. The highest BCUT2D eigenvalue weighted by molar-refractivity contribution is 6.30. The molecule has 0 saturated carbocycles. The van der Waals surface area contributed by atoms with Crippen LogP contribution in [0, 0.1) is 0 Å². The number of likely N-dealkylation sites (N-methyl/N-ethyl adjacent to an activating group) is 1. The van der Waals surface area contributed by atoms with Gasteiger partial charge >= 0.3 is 0 Å². The Bertz CT molecular complexity index is 552. The van der Waals surface area contributed by atoms with Crippen molar-refractivity contribution in [1.82, 2.24) is 19.9 Å². The first-order valence-electron chi connectivity index (χ1n) is 6.21. The maximum atomic E-state index is 5.95. The van der Waals surface area contributed by atoms with Crippen molar-refractivity contribution in [2.75, 3.05) is 25.0 Å². The lowest BCUT2D eigenvalue weighted by molar-refractivity contribution is 0.607. The smallest absolute Gasteiger partial charge is 0.245 e. The van der Waals surface area contributed by atoms with Crippen LogP contribution in [0.5, 0.6) is 0 Å². The van der Waals surface area contributed by atoms with Crippen LogP contribution in [0.15, 0.2) is 18.3 Å². The van der Waals surface area contributed by atoms with E-state index in [1.165, 1.54) is 12.8 Å². The Kier molecular flexibility index (Phi) is 3.09. The largest absolute Gasteiger partial charge is 0.335 e. The average Bonchev–Trinajstić information content (AvgIpc) is 2.94. The van der Waals surface area contributed by atoms with Gasteiger partial charge in [0.15, 0.2) is 5.65 Å². The molecule has 18 heavy (non-hydrogen) atoms. The molecule has 3 rings (SSSR count). The number of pyridine rings is 1. The van der Waals surface area contributed by atoms with Gasteiger partial charge in [-0.05, 0) is 32.0 Å². The normalized spacial score (nSPS) is 19.9. The Labute approximate surface area is 111 Å². The molecule has 6 heteroatoms. The fourth-order valence-electron chi connectivity index (χ4n) is 2.51. The zero-order valence-electron chi connectivity index (χ0n) is 10.3. The van der Waals surface area contributed by atoms with Gasteiger partial charge in [-0.2, -0.15) is 4.98 Å². The van der Waals surface area contributed by atoms with Crippen LogP contribution in [0.1, 0.15) is 12.8 Å². The van der Waals surface area contributed by atoms with Crippen LogP contribution < -0.4 is 10.2 Å². The minimum absolute atomic E-state index is 0.489. The van der Waals surface area contributed by atoms with Gasteiger partial charge in [-0.3, -0.25) is 0 Å². The molecule has 1 aliphatic heterocycles. The van der Waals surface area contributed by atoms with Gasteiger partial charge < -0.3 is 10.2 Å². The SMILES string of the molecule is CNCC1CCCN1c1nc2ccc(Cl)cn2n1. The molecule has 1 unspecified atom stereocenters. The van der Waals surface area contributed by atoms with E-state index in [0.29, 0.717) is 11.1 Å². The van der Waals surface area contributed by atoms with Gasteiger partial charge in [0.1, 0.15) is 0 Å². The Balaban J connectivity index is 1.93. The van der Waals surface area contributed by atoms with E-state index in [1.54, 1.807) is 10.7 Å². The van der Waals surface area contributed by atoms with E-state index in [9.17, 15) is 0 Å². The van der Waals surface area contributed by atoms with Crippen molar-refractivity contribution >= 4 is 23.2 Å². The number of rotatable bonds is 3. The zero-order valence-corrected chi connectivity index (χ0v) is 11.1. The predicted molar refractivity (Wildman–Crippen MR) is 72.3 cm³/mol. The summed E-state index contributed by atoms with van der Waals surface area (Å²) in [5.41, 5.74) is 0.838. The number of hydrogen-bond donors (Lipinski definition) is 1. The van der Waals surface area contributed by atoms with E-state index in [0.717, 1.165) is 24.7 Å². The summed E-state index contributed by atoms with van der Waals surface area (Å²) in [4.78, 5) is 6.83. The van der Waals surface area contributed by atoms with Crippen molar-refractivity contribution in [3.8, 4) is 0 Å². The van der Waals surface area contributed by atoms with E-state index < -0.39 is 0 Å². The van der Waals surface area contributed by atoms with Crippen LogP contribution in [0.4, 0.5) is 5.95 Å². The van der Waals surface area contributed by atoms with Gasteiger partial charge in [0, 0.05) is 25.3 Å². The third kappa shape index (κ3) is 2.04. The molecule has 0 spiro atoms. The lowest BCUT2D eigenvalue weighted by Crippen LogP contribution is -2.37. The summed E-state index contributed by atoms with van der Waals surface area (Å²) in [6, 6.07) is 4.22. The number of nitrogens with one attached hydrogen (secondary N) is 1. The summed E-state index contributed by atoms with van der Waals surface area (Å²) in [7, 11) is 1.98. The molecule has 0 aromatic carbocycles. The second kappa shape index (κ2) is 4.74. The quantitative estimate of drug-likeness (QED) is 0.915. The summed E-state index contributed by atoms with van der Waals surface area (Å²) in [5, 5.41) is 8.41. The van der Waals surface area contributed by atoms with E-state index >= 15 is 0 Å². The summed E-state index contributed by atoms with van der Waals surface area (Å²) >= 11 is 5.95. The number of nitrogens with zero attached hydrogens (tertiary/aromatic N) is 4. The van der Waals surface area contributed by atoms with E-state index in [4.69, 9.17) is 11.6 Å². The third-order valence-corrected chi connectivity index (χ3v) is 3.58. The van der Waals surface area contributed by atoms with E-state index in [1.807, 2.05) is 19.2 Å². The van der Waals surface area contributed by atoms with Crippen molar-refractivity contribution in [3.63, 3.8) is 0 Å². The van der Waals surface area contributed by atoms with Crippen molar-refractivity contribution in [1.29, 1.82) is 0 Å². The van der Waals surface area contributed by atoms with Gasteiger partial charge in [-0.25, -0.2) is 4.52 Å². The van der Waals surface area contributed by atoms with Gasteiger partial charge in [-0.1, -0.05) is 11.6 Å². The fraction of sp³-hybridized carbons (Fsp3) is 0.500.